The summed E-state index contributed by atoms with van der Waals surface area (Å²) < 4.78 is 0. The Morgan fingerprint density at radius 2 is 2.00 bits per heavy atom. The van der Waals surface area contributed by atoms with E-state index in [0.717, 1.165) is 19.4 Å². The van der Waals surface area contributed by atoms with Crippen molar-refractivity contribution in [2.24, 2.45) is 5.92 Å². The van der Waals surface area contributed by atoms with E-state index < -0.39 is 11.5 Å². The van der Waals surface area contributed by atoms with Crippen LogP contribution in [0.5, 0.6) is 0 Å². The molecule has 114 valence electrons. The predicted molar refractivity (Wildman–Crippen MR) is 79.8 cm³/mol. The monoisotopic (exact) mass is 290 g/mol. The fourth-order valence-corrected chi connectivity index (χ4v) is 2.75. The number of nitrogens with one attached hydrogen (secondary N) is 2. The summed E-state index contributed by atoms with van der Waals surface area (Å²) in [5, 5.41) is 15.4. The smallest absolute Gasteiger partial charge is 0.333 e. The highest BCUT2D eigenvalue weighted by Gasteiger charge is 2.39. The molecule has 3 unspecified atom stereocenters. The lowest BCUT2D eigenvalue weighted by Gasteiger charge is -2.33. The molecule has 0 bridgehead atoms. The number of carboxylic acid groups (broad SMARTS) is 1. The van der Waals surface area contributed by atoms with Crippen molar-refractivity contribution < 1.29 is 14.7 Å². The third-order valence-electron chi connectivity index (χ3n) is 4.20. The van der Waals surface area contributed by atoms with Crippen LogP contribution >= 0.6 is 0 Å². The number of rotatable bonds is 4. The van der Waals surface area contributed by atoms with Gasteiger partial charge in [0.05, 0.1) is 6.04 Å². The second-order valence-corrected chi connectivity index (χ2v) is 5.84. The minimum atomic E-state index is -1.42. The van der Waals surface area contributed by atoms with Gasteiger partial charge in [0.1, 0.15) is 0 Å². The molecule has 5 nitrogen and oxygen atoms in total. The summed E-state index contributed by atoms with van der Waals surface area (Å²) in [6.45, 7) is 4.32. The molecule has 1 aromatic rings. The van der Waals surface area contributed by atoms with Crippen LogP contribution in [0.3, 0.4) is 0 Å². The van der Waals surface area contributed by atoms with Crippen molar-refractivity contribution in [1.29, 1.82) is 0 Å². The van der Waals surface area contributed by atoms with Crippen LogP contribution in [0.15, 0.2) is 30.3 Å². The third kappa shape index (κ3) is 3.24. The van der Waals surface area contributed by atoms with Crippen LogP contribution in [-0.4, -0.2) is 29.6 Å². The second kappa shape index (κ2) is 6.26. The van der Waals surface area contributed by atoms with Gasteiger partial charge in [-0.2, -0.15) is 0 Å². The highest BCUT2D eigenvalue weighted by Crippen LogP contribution is 2.23. The maximum absolute atomic E-state index is 12.5. The van der Waals surface area contributed by atoms with Gasteiger partial charge >= 0.3 is 5.97 Å². The average molecular weight is 290 g/mol. The lowest BCUT2D eigenvalue weighted by Crippen LogP contribution is -2.58. The van der Waals surface area contributed by atoms with E-state index in [1.54, 1.807) is 24.3 Å². The largest absolute Gasteiger partial charge is 0.479 e. The highest BCUT2D eigenvalue weighted by atomic mass is 16.4. The van der Waals surface area contributed by atoms with Crippen molar-refractivity contribution in [2.45, 2.75) is 38.3 Å². The normalized spacial score (nSPS) is 24.9. The Labute approximate surface area is 124 Å². The number of hydrogen-bond acceptors (Lipinski definition) is 3. The molecular formula is C16H22N2O3. The van der Waals surface area contributed by atoms with Gasteiger partial charge in [-0.15, -0.1) is 0 Å². The van der Waals surface area contributed by atoms with Crippen molar-refractivity contribution in [1.82, 2.24) is 10.6 Å². The maximum Gasteiger partial charge on any atom is 0.333 e. The molecule has 5 heteroatoms. The zero-order chi connectivity index (χ0) is 15.5. The molecule has 1 saturated heterocycles. The molecule has 3 atom stereocenters. The summed E-state index contributed by atoms with van der Waals surface area (Å²) in [6, 6.07) is 8.45. The Kier molecular flexibility index (Phi) is 4.63. The van der Waals surface area contributed by atoms with Gasteiger partial charge in [0, 0.05) is 0 Å². The summed E-state index contributed by atoms with van der Waals surface area (Å²) in [7, 11) is 0. The molecule has 0 aliphatic carbocycles. The van der Waals surface area contributed by atoms with Gasteiger partial charge in [-0.1, -0.05) is 37.3 Å². The summed E-state index contributed by atoms with van der Waals surface area (Å²) in [5.41, 5.74) is -0.855. The molecule has 1 heterocycles. The SMILES string of the molecule is CC1CCCNC1C(=O)NC(C)(C(=O)O)c1ccccc1. The molecule has 1 aromatic carbocycles. The molecule has 0 aromatic heterocycles. The molecule has 1 fully saturated rings. The minimum absolute atomic E-state index is 0.201. The molecule has 0 spiro atoms. The number of carbonyl (C=O) groups is 2. The first-order valence-corrected chi connectivity index (χ1v) is 7.29. The number of hydrogen-bond donors (Lipinski definition) is 3. The van der Waals surface area contributed by atoms with E-state index in [1.807, 2.05) is 13.0 Å². The van der Waals surface area contributed by atoms with E-state index in [0.29, 0.717) is 5.56 Å². The topological polar surface area (TPSA) is 78.4 Å². The zero-order valence-electron chi connectivity index (χ0n) is 12.4. The Morgan fingerprint density at radius 3 is 2.57 bits per heavy atom. The Morgan fingerprint density at radius 1 is 1.33 bits per heavy atom. The number of carboxylic acids is 1. The third-order valence-corrected chi connectivity index (χ3v) is 4.20. The number of benzene rings is 1. The Balaban J connectivity index is 2.20. The van der Waals surface area contributed by atoms with Crippen molar-refractivity contribution in [2.75, 3.05) is 6.54 Å². The van der Waals surface area contributed by atoms with Crippen LogP contribution in [-0.2, 0) is 15.1 Å². The van der Waals surface area contributed by atoms with Gasteiger partial charge in [-0.25, -0.2) is 4.79 Å². The van der Waals surface area contributed by atoms with Gasteiger partial charge in [0.2, 0.25) is 5.91 Å². The van der Waals surface area contributed by atoms with E-state index in [1.165, 1.54) is 6.92 Å². The van der Waals surface area contributed by atoms with Crippen LogP contribution in [0.1, 0.15) is 32.3 Å². The van der Waals surface area contributed by atoms with E-state index in [2.05, 4.69) is 10.6 Å². The van der Waals surface area contributed by atoms with Crippen LogP contribution in [0.25, 0.3) is 0 Å². The lowest BCUT2D eigenvalue weighted by molar-refractivity contribution is -0.148. The van der Waals surface area contributed by atoms with Gasteiger partial charge < -0.3 is 15.7 Å². The molecule has 21 heavy (non-hydrogen) atoms. The zero-order valence-corrected chi connectivity index (χ0v) is 12.4. The van der Waals surface area contributed by atoms with Gasteiger partial charge in [-0.3, -0.25) is 4.79 Å². The molecular weight excluding hydrogens is 268 g/mol. The van der Waals surface area contributed by atoms with Crippen molar-refractivity contribution >= 4 is 11.9 Å². The first-order chi connectivity index (χ1) is 9.95. The lowest BCUT2D eigenvalue weighted by atomic mass is 9.88. The standard InChI is InChI=1S/C16H22N2O3/c1-11-7-6-10-17-13(11)14(19)18-16(2,15(20)21)12-8-4-3-5-9-12/h3-5,8-9,11,13,17H,6-7,10H2,1-2H3,(H,18,19)(H,20,21). The van der Waals surface area contributed by atoms with E-state index in [4.69, 9.17) is 0 Å². The van der Waals surface area contributed by atoms with Crippen LogP contribution < -0.4 is 10.6 Å². The van der Waals surface area contributed by atoms with Gasteiger partial charge in [0.15, 0.2) is 5.54 Å². The molecule has 1 aliphatic rings. The van der Waals surface area contributed by atoms with Gasteiger partial charge in [0.25, 0.3) is 0 Å². The summed E-state index contributed by atoms with van der Waals surface area (Å²) in [6.07, 6.45) is 2.01. The quantitative estimate of drug-likeness (QED) is 0.785. The first kappa shape index (κ1) is 15.5. The minimum Gasteiger partial charge on any atom is -0.479 e. The molecule has 1 aliphatic heterocycles. The fraction of sp³-hybridized carbons (Fsp3) is 0.500. The van der Waals surface area contributed by atoms with Gasteiger partial charge in [-0.05, 0) is 37.8 Å². The Bertz CT molecular complexity index is 518. The summed E-state index contributed by atoms with van der Waals surface area (Å²) >= 11 is 0. The fourth-order valence-electron chi connectivity index (χ4n) is 2.75. The molecule has 2 rings (SSSR count). The first-order valence-electron chi connectivity index (χ1n) is 7.29. The van der Waals surface area contributed by atoms with E-state index >= 15 is 0 Å². The average Bonchev–Trinajstić information content (AvgIpc) is 2.48. The van der Waals surface area contributed by atoms with E-state index in [9.17, 15) is 14.7 Å². The number of carbonyl (C=O) groups excluding carboxylic acids is 1. The van der Waals surface area contributed by atoms with Crippen LogP contribution in [0.4, 0.5) is 0 Å². The molecule has 0 saturated carbocycles. The van der Waals surface area contributed by atoms with Crippen molar-refractivity contribution in [3.63, 3.8) is 0 Å². The van der Waals surface area contributed by atoms with Crippen molar-refractivity contribution in [3.8, 4) is 0 Å². The number of amides is 1. The van der Waals surface area contributed by atoms with Crippen molar-refractivity contribution in [3.05, 3.63) is 35.9 Å². The number of aliphatic carboxylic acids is 1. The van der Waals surface area contributed by atoms with Crippen LogP contribution in [0.2, 0.25) is 0 Å². The molecule has 0 radical (unpaired) electrons. The molecule has 1 amide bonds. The second-order valence-electron chi connectivity index (χ2n) is 5.84. The Hall–Kier alpha value is -1.88. The predicted octanol–water partition coefficient (Wildman–Crippen LogP) is 1.49. The van der Waals surface area contributed by atoms with Crippen LogP contribution in [0, 0.1) is 5.92 Å². The maximum atomic E-state index is 12.5. The highest BCUT2D eigenvalue weighted by molar-refractivity contribution is 5.90. The summed E-state index contributed by atoms with van der Waals surface area (Å²) in [4.78, 5) is 24.2. The number of piperidine rings is 1. The molecule has 3 N–H and O–H groups in total. The van der Waals surface area contributed by atoms with E-state index in [-0.39, 0.29) is 17.9 Å². The summed E-state index contributed by atoms with van der Waals surface area (Å²) in [5.74, 6) is -1.12.